The third-order valence-electron chi connectivity index (χ3n) is 3.38. The summed E-state index contributed by atoms with van der Waals surface area (Å²) in [6, 6.07) is 13.6. The van der Waals surface area contributed by atoms with E-state index in [-0.39, 0.29) is 18.0 Å². The van der Waals surface area contributed by atoms with E-state index < -0.39 is 4.92 Å². The number of ether oxygens (including phenoxy) is 1. The van der Waals surface area contributed by atoms with Crippen LogP contribution in [0.25, 0.3) is 11.3 Å². The van der Waals surface area contributed by atoms with E-state index in [9.17, 15) is 10.1 Å². The molecule has 3 aromatic rings. The molecule has 0 aliphatic carbocycles. The maximum absolute atomic E-state index is 11.0. The molecule has 2 aromatic carbocycles. The molecule has 0 aliphatic heterocycles. The van der Waals surface area contributed by atoms with Crippen molar-refractivity contribution in [3.63, 3.8) is 0 Å². The summed E-state index contributed by atoms with van der Waals surface area (Å²) in [5.74, 6) is 0.667. The number of hydrogen-bond acceptors (Lipinski definition) is 5. The Morgan fingerprint density at radius 1 is 1.21 bits per heavy atom. The van der Waals surface area contributed by atoms with Crippen molar-refractivity contribution in [3.8, 4) is 17.0 Å². The third kappa shape index (κ3) is 3.55. The molecule has 122 valence electrons. The van der Waals surface area contributed by atoms with E-state index in [4.69, 9.17) is 20.9 Å². The van der Waals surface area contributed by atoms with Crippen LogP contribution < -0.4 is 4.74 Å². The SMILES string of the molecule is Cc1ccc([N+](=O)[O-])c(OCc2cc(-c3ccc(Cl)cc3)no2)c1. The van der Waals surface area contributed by atoms with Crippen LogP contribution in [0.1, 0.15) is 11.3 Å². The molecule has 0 fully saturated rings. The summed E-state index contributed by atoms with van der Waals surface area (Å²) in [4.78, 5) is 10.6. The number of nitrogens with zero attached hydrogens (tertiary/aromatic N) is 2. The molecule has 0 saturated carbocycles. The van der Waals surface area contributed by atoms with Crippen LogP contribution in [0.2, 0.25) is 5.02 Å². The first kappa shape index (κ1) is 16.0. The van der Waals surface area contributed by atoms with Crippen molar-refractivity contribution in [2.75, 3.05) is 0 Å². The summed E-state index contributed by atoms with van der Waals surface area (Å²) in [5, 5.41) is 15.6. The second kappa shape index (κ2) is 6.72. The number of nitro groups is 1. The molecule has 0 amide bonds. The minimum atomic E-state index is -0.478. The lowest BCUT2D eigenvalue weighted by Gasteiger charge is -2.05. The lowest BCUT2D eigenvalue weighted by Crippen LogP contribution is -1.98. The first-order chi connectivity index (χ1) is 11.5. The molecule has 24 heavy (non-hydrogen) atoms. The highest BCUT2D eigenvalue weighted by atomic mass is 35.5. The lowest BCUT2D eigenvalue weighted by atomic mass is 10.1. The third-order valence-corrected chi connectivity index (χ3v) is 3.63. The molecule has 1 heterocycles. The van der Waals surface area contributed by atoms with Gasteiger partial charge in [0.2, 0.25) is 0 Å². The largest absolute Gasteiger partial charge is 0.479 e. The summed E-state index contributed by atoms with van der Waals surface area (Å²) in [7, 11) is 0. The highest BCUT2D eigenvalue weighted by molar-refractivity contribution is 6.30. The maximum Gasteiger partial charge on any atom is 0.310 e. The Kier molecular flexibility index (Phi) is 4.48. The van der Waals surface area contributed by atoms with E-state index in [0.717, 1.165) is 11.1 Å². The van der Waals surface area contributed by atoms with Gasteiger partial charge in [0.05, 0.1) is 4.92 Å². The second-order valence-corrected chi connectivity index (χ2v) is 5.64. The standard InChI is InChI=1S/C17H13ClN2O4/c1-11-2-7-16(20(21)22)17(8-11)23-10-14-9-15(19-24-14)12-3-5-13(18)6-4-12/h2-9H,10H2,1H3. The van der Waals surface area contributed by atoms with Gasteiger partial charge in [0.1, 0.15) is 12.3 Å². The number of aryl methyl sites for hydroxylation is 1. The first-order valence-corrected chi connectivity index (χ1v) is 7.50. The highest BCUT2D eigenvalue weighted by Crippen LogP contribution is 2.29. The smallest absolute Gasteiger partial charge is 0.310 e. The van der Waals surface area contributed by atoms with Gasteiger partial charge in [0.25, 0.3) is 0 Å². The zero-order valence-corrected chi connectivity index (χ0v) is 13.5. The molecule has 0 bridgehead atoms. The second-order valence-electron chi connectivity index (χ2n) is 5.20. The van der Waals surface area contributed by atoms with Gasteiger partial charge in [0.15, 0.2) is 11.5 Å². The monoisotopic (exact) mass is 344 g/mol. The van der Waals surface area contributed by atoms with Crippen molar-refractivity contribution < 1.29 is 14.2 Å². The van der Waals surface area contributed by atoms with Gasteiger partial charge < -0.3 is 9.26 Å². The van der Waals surface area contributed by atoms with Gasteiger partial charge in [0, 0.05) is 22.7 Å². The van der Waals surface area contributed by atoms with Crippen molar-refractivity contribution in [3.05, 3.63) is 75.0 Å². The minimum Gasteiger partial charge on any atom is -0.479 e. The molecule has 6 nitrogen and oxygen atoms in total. The van der Waals surface area contributed by atoms with E-state index in [1.54, 1.807) is 30.3 Å². The molecule has 0 unspecified atom stereocenters. The molecule has 1 aromatic heterocycles. The quantitative estimate of drug-likeness (QED) is 0.491. The highest BCUT2D eigenvalue weighted by Gasteiger charge is 2.16. The van der Waals surface area contributed by atoms with Crippen LogP contribution in [0, 0.1) is 17.0 Å². The Balaban J connectivity index is 1.75. The summed E-state index contributed by atoms with van der Waals surface area (Å²) < 4.78 is 10.8. The lowest BCUT2D eigenvalue weighted by molar-refractivity contribution is -0.386. The molecule has 0 atom stereocenters. The van der Waals surface area contributed by atoms with Gasteiger partial charge in [-0.2, -0.15) is 0 Å². The average molecular weight is 345 g/mol. The van der Waals surface area contributed by atoms with Crippen LogP contribution in [0.5, 0.6) is 5.75 Å². The number of rotatable bonds is 5. The fourth-order valence-electron chi connectivity index (χ4n) is 2.17. The molecule has 0 spiro atoms. The van der Waals surface area contributed by atoms with Gasteiger partial charge in [-0.15, -0.1) is 0 Å². The van der Waals surface area contributed by atoms with Gasteiger partial charge in [-0.1, -0.05) is 35.0 Å². The summed E-state index contributed by atoms with van der Waals surface area (Å²) in [6.07, 6.45) is 0. The zero-order valence-electron chi connectivity index (χ0n) is 12.7. The number of halogens is 1. The topological polar surface area (TPSA) is 78.4 Å². The Bertz CT molecular complexity index is 875. The predicted octanol–water partition coefficient (Wildman–Crippen LogP) is 4.79. The Morgan fingerprint density at radius 2 is 1.96 bits per heavy atom. The van der Waals surface area contributed by atoms with E-state index in [2.05, 4.69) is 5.16 Å². The number of hydrogen-bond donors (Lipinski definition) is 0. The summed E-state index contributed by atoms with van der Waals surface area (Å²) in [5.41, 5.74) is 2.29. The van der Waals surface area contributed by atoms with E-state index in [1.807, 2.05) is 19.1 Å². The van der Waals surface area contributed by atoms with Crippen LogP contribution in [0.3, 0.4) is 0 Å². The first-order valence-electron chi connectivity index (χ1n) is 7.12. The maximum atomic E-state index is 11.0. The fourth-order valence-corrected chi connectivity index (χ4v) is 2.30. The van der Waals surface area contributed by atoms with E-state index in [1.165, 1.54) is 6.07 Å². The molecule has 0 saturated heterocycles. The summed E-state index contributed by atoms with van der Waals surface area (Å²) in [6.45, 7) is 1.88. The molecule has 0 N–H and O–H groups in total. The molecular weight excluding hydrogens is 332 g/mol. The number of benzene rings is 2. The van der Waals surface area contributed by atoms with Crippen LogP contribution >= 0.6 is 11.6 Å². The van der Waals surface area contributed by atoms with E-state index in [0.29, 0.717) is 16.5 Å². The van der Waals surface area contributed by atoms with Crippen LogP contribution in [-0.2, 0) is 6.61 Å². The van der Waals surface area contributed by atoms with Crippen molar-refractivity contribution in [1.29, 1.82) is 0 Å². The van der Waals surface area contributed by atoms with Gasteiger partial charge in [-0.25, -0.2) is 0 Å². The zero-order chi connectivity index (χ0) is 17.1. The average Bonchev–Trinajstić information content (AvgIpc) is 3.02. The van der Waals surface area contributed by atoms with Crippen LogP contribution in [-0.4, -0.2) is 10.1 Å². The van der Waals surface area contributed by atoms with Gasteiger partial charge in [-0.3, -0.25) is 10.1 Å². The van der Waals surface area contributed by atoms with Crippen molar-refractivity contribution in [2.24, 2.45) is 0 Å². The molecule has 7 heteroatoms. The predicted molar refractivity (Wildman–Crippen MR) is 89.1 cm³/mol. The number of aromatic nitrogens is 1. The van der Waals surface area contributed by atoms with Crippen molar-refractivity contribution >= 4 is 17.3 Å². The molecular formula is C17H13ClN2O4. The molecule has 0 radical (unpaired) electrons. The normalized spacial score (nSPS) is 10.6. The Morgan fingerprint density at radius 3 is 2.67 bits per heavy atom. The number of nitro benzene ring substituents is 1. The van der Waals surface area contributed by atoms with Gasteiger partial charge >= 0.3 is 5.69 Å². The summed E-state index contributed by atoms with van der Waals surface area (Å²) >= 11 is 5.86. The molecule has 3 rings (SSSR count). The Hall–Kier alpha value is -2.86. The minimum absolute atomic E-state index is 0.0465. The van der Waals surface area contributed by atoms with E-state index >= 15 is 0 Å². The Labute approximate surface area is 142 Å². The van der Waals surface area contributed by atoms with Crippen LogP contribution in [0.15, 0.2) is 53.1 Å². The van der Waals surface area contributed by atoms with Crippen molar-refractivity contribution in [2.45, 2.75) is 13.5 Å². The van der Waals surface area contributed by atoms with Crippen LogP contribution in [0.4, 0.5) is 5.69 Å². The fraction of sp³-hybridized carbons (Fsp3) is 0.118. The van der Waals surface area contributed by atoms with Gasteiger partial charge in [-0.05, 0) is 30.7 Å². The molecule has 0 aliphatic rings. The van der Waals surface area contributed by atoms with Crippen molar-refractivity contribution in [1.82, 2.24) is 5.16 Å².